The van der Waals surface area contributed by atoms with E-state index in [2.05, 4.69) is 20.6 Å². The van der Waals surface area contributed by atoms with Gasteiger partial charge in [0.05, 0.1) is 6.61 Å². The molecule has 0 saturated heterocycles. The van der Waals surface area contributed by atoms with Crippen molar-refractivity contribution in [1.29, 1.82) is 5.41 Å². The molecule has 1 aromatic rings. The summed E-state index contributed by atoms with van der Waals surface area (Å²) in [6.07, 6.45) is -1.08. The molecule has 0 unspecified atom stereocenters. The summed E-state index contributed by atoms with van der Waals surface area (Å²) in [6, 6.07) is 7.05. The Balaban J connectivity index is 3.36. The summed E-state index contributed by atoms with van der Waals surface area (Å²) in [6.45, 7) is 27.5. The Morgan fingerprint density at radius 2 is 0.984 bits per heavy atom. The second-order valence-electron chi connectivity index (χ2n) is 19.8. The molecule has 0 aromatic heterocycles. The lowest BCUT2D eigenvalue weighted by Gasteiger charge is -2.34. The van der Waals surface area contributed by atoms with Crippen LogP contribution in [0.3, 0.4) is 0 Å². The molecule has 18 nitrogen and oxygen atoms in total. The number of unbranched alkanes of at least 4 members (excludes halogenated alkanes) is 4. The molecule has 0 aliphatic rings. The average molecular weight is 890 g/mol. The summed E-state index contributed by atoms with van der Waals surface area (Å²) in [7, 11) is 0. The van der Waals surface area contributed by atoms with Gasteiger partial charge in [-0.3, -0.25) is 15.6 Å². The van der Waals surface area contributed by atoms with Crippen LogP contribution in [0.4, 0.5) is 24.0 Å². The van der Waals surface area contributed by atoms with Crippen LogP contribution in [0, 0.1) is 5.41 Å². The van der Waals surface area contributed by atoms with Gasteiger partial charge >= 0.3 is 30.5 Å². The lowest BCUT2D eigenvalue weighted by molar-refractivity contribution is 0.0268. The van der Waals surface area contributed by atoms with Crippen molar-refractivity contribution in [3.63, 3.8) is 0 Å². The van der Waals surface area contributed by atoms with Crippen LogP contribution < -0.4 is 15.4 Å². The number of hydrogen-bond donors (Lipinski definition) is 3. The largest absolute Gasteiger partial charge is 0.494 e. The van der Waals surface area contributed by atoms with Crippen molar-refractivity contribution < 1.29 is 52.4 Å². The van der Waals surface area contributed by atoms with Crippen LogP contribution >= 0.6 is 0 Å². The second kappa shape index (κ2) is 24.4. The molecule has 1 rings (SSSR count). The molecule has 0 atom stereocenters. The van der Waals surface area contributed by atoms with Crippen molar-refractivity contribution in [2.75, 3.05) is 26.2 Å². The number of guanidine groups is 2. The third-order valence-corrected chi connectivity index (χ3v) is 7.43. The van der Waals surface area contributed by atoms with E-state index in [9.17, 15) is 24.0 Å². The third-order valence-electron chi connectivity index (χ3n) is 7.43. The van der Waals surface area contributed by atoms with E-state index in [-0.39, 0.29) is 44.6 Å². The number of nitrogens with one attached hydrogen (secondary N) is 3. The van der Waals surface area contributed by atoms with Crippen molar-refractivity contribution in [3.8, 4) is 5.75 Å². The number of hydrogen-bond acceptors (Lipinski definition) is 13. The zero-order chi connectivity index (χ0) is 48.4. The SMILES string of the molecule is CC(=N)c1ccc(OCCCN(C(=O)OC(C)(C)C)C(=NC(=O)OC(C)(C)C)N(CCCCCCCN=C(NC(=O)OC(C)(C)C)NC(=O)OC(C)(C)C)C(=O)OC(C)(C)C)cc1. The van der Waals surface area contributed by atoms with Crippen LogP contribution in [0.5, 0.6) is 5.75 Å². The van der Waals surface area contributed by atoms with E-state index >= 15 is 0 Å². The second-order valence-corrected chi connectivity index (χ2v) is 19.8. The molecule has 5 amide bonds. The predicted molar refractivity (Wildman–Crippen MR) is 243 cm³/mol. The highest BCUT2D eigenvalue weighted by atomic mass is 16.6. The van der Waals surface area contributed by atoms with E-state index in [4.69, 9.17) is 33.8 Å². The highest BCUT2D eigenvalue weighted by molar-refractivity contribution is 6.05. The van der Waals surface area contributed by atoms with Gasteiger partial charge in [0.25, 0.3) is 0 Å². The molecule has 63 heavy (non-hydrogen) atoms. The first-order chi connectivity index (χ1) is 28.7. The molecule has 0 aliphatic heterocycles. The number of amides is 5. The van der Waals surface area contributed by atoms with Gasteiger partial charge in [-0.25, -0.2) is 33.8 Å². The fourth-order valence-corrected chi connectivity index (χ4v) is 5.04. The predicted octanol–water partition coefficient (Wildman–Crippen LogP) is 9.96. The van der Waals surface area contributed by atoms with E-state index in [0.717, 1.165) is 15.4 Å². The monoisotopic (exact) mass is 890 g/mol. The summed E-state index contributed by atoms with van der Waals surface area (Å²) >= 11 is 0. The Kier molecular flexibility index (Phi) is 21.6. The standard InChI is InChI=1S/C45H75N7O11/c1-31(46)32-23-25-33(26-24-32)58-30-22-29-52(40(57)63-45(14,15)16)35(50-38(55)61-43(8,9)10)51(39(56)62-44(11,12)13)28-21-19-17-18-20-27-47-34(48-36(53)59-41(2,3)4)49-37(54)60-42(5,6)7/h23-26,46H,17-22,27-30H2,1-16H3,(H2,47,48,49,53,54). The van der Waals surface area contributed by atoms with Crippen molar-refractivity contribution in [3.05, 3.63) is 29.8 Å². The summed E-state index contributed by atoms with van der Waals surface area (Å²) < 4.78 is 33.6. The number of benzene rings is 1. The van der Waals surface area contributed by atoms with Crippen molar-refractivity contribution in [2.24, 2.45) is 9.98 Å². The quantitative estimate of drug-likeness (QED) is 0.0690. The number of carbonyl (C=O) groups is 5. The molecule has 356 valence electrons. The Morgan fingerprint density at radius 1 is 0.571 bits per heavy atom. The maximum absolute atomic E-state index is 14.0. The summed E-state index contributed by atoms with van der Waals surface area (Å²) in [5.74, 6) is 0.122. The molecule has 0 aliphatic carbocycles. The third kappa shape index (κ3) is 26.6. The Labute approximate surface area is 374 Å². The lowest BCUT2D eigenvalue weighted by Crippen LogP contribution is -2.53. The van der Waals surface area contributed by atoms with Gasteiger partial charge in [-0.2, -0.15) is 0 Å². The average Bonchev–Trinajstić information content (AvgIpc) is 3.06. The fourth-order valence-electron chi connectivity index (χ4n) is 5.04. The number of nitrogens with zero attached hydrogens (tertiary/aromatic N) is 4. The van der Waals surface area contributed by atoms with Crippen molar-refractivity contribution in [2.45, 2.75) is 177 Å². The molecule has 18 heteroatoms. The first-order valence-corrected chi connectivity index (χ1v) is 21.4. The zero-order valence-electron chi connectivity index (χ0n) is 40.7. The van der Waals surface area contributed by atoms with Gasteiger partial charge in [-0.15, -0.1) is 4.99 Å². The number of aliphatic imine (C=N–C) groups is 2. The minimum Gasteiger partial charge on any atom is -0.494 e. The van der Waals surface area contributed by atoms with Crippen LogP contribution in [0.15, 0.2) is 34.3 Å². The van der Waals surface area contributed by atoms with Gasteiger partial charge < -0.3 is 33.8 Å². The fraction of sp³-hybridized carbons (Fsp3) is 0.689. The van der Waals surface area contributed by atoms with Crippen molar-refractivity contribution >= 4 is 48.1 Å². The van der Waals surface area contributed by atoms with Gasteiger partial charge in [0, 0.05) is 25.3 Å². The Morgan fingerprint density at radius 3 is 1.41 bits per heavy atom. The van der Waals surface area contributed by atoms with Gasteiger partial charge in [0.15, 0.2) is 0 Å². The van der Waals surface area contributed by atoms with Gasteiger partial charge in [0.2, 0.25) is 11.9 Å². The molecule has 0 radical (unpaired) electrons. The minimum absolute atomic E-state index is 0.00699. The van der Waals surface area contributed by atoms with E-state index in [1.807, 2.05) is 0 Å². The smallest absolute Gasteiger partial charge is 0.437 e. The molecule has 3 N–H and O–H groups in total. The first kappa shape index (κ1) is 55.6. The van der Waals surface area contributed by atoms with Gasteiger partial charge in [0.1, 0.15) is 33.8 Å². The number of rotatable bonds is 14. The highest BCUT2D eigenvalue weighted by Gasteiger charge is 2.35. The Bertz CT molecular complexity index is 1710. The topological polar surface area (TPSA) is 220 Å². The van der Waals surface area contributed by atoms with E-state index in [1.165, 1.54) is 0 Å². The van der Waals surface area contributed by atoms with Gasteiger partial charge in [-0.1, -0.05) is 19.3 Å². The van der Waals surface area contributed by atoms with E-state index in [1.54, 1.807) is 135 Å². The van der Waals surface area contributed by atoms with Crippen molar-refractivity contribution in [1.82, 2.24) is 20.4 Å². The molecule has 1 aromatic carbocycles. The minimum atomic E-state index is -1.03. The van der Waals surface area contributed by atoms with E-state index in [0.29, 0.717) is 43.6 Å². The molecule has 0 fully saturated rings. The molecule has 0 spiro atoms. The van der Waals surface area contributed by atoms with Crippen LogP contribution in [0.25, 0.3) is 0 Å². The van der Waals surface area contributed by atoms with Crippen LogP contribution in [-0.4, -0.2) is 112 Å². The Hall–Kier alpha value is -5.42. The van der Waals surface area contributed by atoms with Crippen LogP contribution in [0.2, 0.25) is 0 Å². The van der Waals surface area contributed by atoms with Crippen LogP contribution in [-0.2, 0) is 23.7 Å². The summed E-state index contributed by atoms with van der Waals surface area (Å²) in [5.41, 5.74) is -3.22. The summed E-state index contributed by atoms with van der Waals surface area (Å²) in [5, 5.41) is 12.8. The molecular formula is C45H75N7O11. The normalized spacial score (nSPS) is 12.3. The molecule has 0 heterocycles. The molecule has 0 saturated carbocycles. The lowest BCUT2D eigenvalue weighted by atomic mass is 10.1. The van der Waals surface area contributed by atoms with Crippen LogP contribution in [0.1, 0.15) is 155 Å². The van der Waals surface area contributed by atoms with E-state index < -0.39 is 58.5 Å². The highest BCUT2D eigenvalue weighted by Crippen LogP contribution is 2.20. The molecule has 0 bridgehead atoms. The maximum atomic E-state index is 14.0. The number of carbonyl (C=O) groups excluding carboxylic acids is 5. The zero-order valence-corrected chi connectivity index (χ0v) is 40.7. The molecular weight excluding hydrogens is 815 g/mol. The van der Waals surface area contributed by atoms with Gasteiger partial charge in [-0.05, 0) is 160 Å². The number of alkyl carbamates (subject to hydrolysis) is 2. The summed E-state index contributed by atoms with van der Waals surface area (Å²) in [4.78, 5) is 77.1. The first-order valence-electron chi connectivity index (χ1n) is 21.4. The maximum Gasteiger partial charge on any atom is 0.437 e. The number of ether oxygens (including phenoxy) is 6.